The summed E-state index contributed by atoms with van der Waals surface area (Å²) in [7, 11) is 0. The maximum Gasteiger partial charge on any atom is 0.223 e. The molecular formula is C30H24N4O6-2. The molecule has 4 aliphatic rings. The molecule has 4 aromatic rings. The molecule has 8 rings (SSSR count). The van der Waals surface area contributed by atoms with Gasteiger partial charge in [0.05, 0.1) is 36.1 Å². The average Bonchev–Trinajstić information content (AvgIpc) is 3.70. The molecular weight excluding hydrogens is 512 g/mol. The zero-order chi connectivity index (χ0) is 27.4. The van der Waals surface area contributed by atoms with E-state index in [0.29, 0.717) is 25.7 Å². The number of amides is 2. The van der Waals surface area contributed by atoms with E-state index in [2.05, 4.69) is 9.97 Å². The summed E-state index contributed by atoms with van der Waals surface area (Å²) in [4.78, 5) is 58.6. The van der Waals surface area contributed by atoms with Crippen LogP contribution in [-0.2, 0) is 32.0 Å². The number of rotatable bonds is 3. The van der Waals surface area contributed by atoms with Crippen LogP contribution in [0.3, 0.4) is 0 Å². The molecule has 2 N–H and O–H groups in total. The maximum absolute atomic E-state index is 12.5. The Hall–Kier alpha value is -4.60. The van der Waals surface area contributed by atoms with Gasteiger partial charge in [0.25, 0.3) is 0 Å². The van der Waals surface area contributed by atoms with E-state index in [1.54, 1.807) is 0 Å². The van der Waals surface area contributed by atoms with Gasteiger partial charge in [0.2, 0.25) is 11.8 Å². The summed E-state index contributed by atoms with van der Waals surface area (Å²) < 4.78 is 0. The number of aromatic amines is 2. The molecule has 0 unspecified atom stereocenters. The Morgan fingerprint density at radius 1 is 0.700 bits per heavy atom. The Kier molecular flexibility index (Phi) is 4.64. The highest BCUT2D eigenvalue weighted by Gasteiger charge is 2.45. The molecule has 10 nitrogen and oxygen atoms in total. The predicted molar refractivity (Wildman–Crippen MR) is 138 cm³/mol. The van der Waals surface area contributed by atoms with Crippen LogP contribution in [0.25, 0.3) is 32.9 Å². The van der Waals surface area contributed by atoms with Gasteiger partial charge in [-0.3, -0.25) is 9.59 Å². The summed E-state index contributed by atoms with van der Waals surface area (Å²) in [6.07, 6.45) is 2.23. The van der Waals surface area contributed by atoms with E-state index in [4.69, 9.17) is 0 Å². The lowest BCUT2D eigenvalue weighted by atomic mass is 9.91. The van der Waals surface area contributed by atoms with Crippen molar-refractivity contribution in [3.05, 3.63) is 58.9 Å². The smallest absolute Gasteiger partial charge is 0.223 e. The van der Waals surface area contributed by atoms with Crippen molar-refractivity contribution in [2.24, 2.45) is 0 Å². The van der Waals surface area contributed by atoms with Gasteiger partial charge in [-0.2, -0.15) is 0 Å². The largest absolute Gasteiger partial charge is 0.548 e. The van der Waals surface area contributed by atoms with E-state index < -0.39 is 24.0 Å². The zero-order valence-corrected chi connectivity index (χ0v) is 21.4. The van der Waals surface area contributed by atoms with E-state index in [-0.39, 0.29) is 36.7 Å². The number of hydrogen-bond acceptors (Lipinski definition) is 6. The van der Waals surface area contributed by atoms with Crippen LogP contribution in [-0.4, -0.2) is 55.6 Å². The third-order valence-electron chi connectivity index (χ3n) is 9.40. The summed E-state index contributed by atoms with van der Waals surface area (Å²) in [5.41, 5.74) is 7.34. The highest BCUT2D eigenvalue weighted by Crippen LogP contribution is 2.45. The lowest BCUT2D eigenvalue weighted by Crippen LogP contribution is -2.52. The Balaban J connectivity index is 1.19. The van der Waals surface area contributed by atoms with Gasteiger partial charge in [0, 0.05) is 58.9 Å². The summed E-state index contributed by atoms with van der Waals surface area (Å²) >= 11 is 0. The number of benzene rings is 2. The SMILES string of the molecule is O=C([O-])[C@H]1Cc2c([nH]c3cc(-c4ccc5c6c([nH]c5c4)[C@H]4CCC(=O)N4[C@@H](C(=O)[O-])C6)ccc23)[C@H]2CCC(=O)N12. The number of carbonyl (C=O) groups is 4. The second-order valence-corrected chi connectivity index (χ2v) is 11.3. The standard InChI is InChI=1S/C30H26N4O6/c35-25-7-5-21-27-17(11-23(29(37)38)33(21)25)15-3-1-13(9-19(15)31-27)14-2-4-16-18-12-24(30(39)40)34-22(6-8-26(34)36)28(18)32-20(16)10-14/h1-4,9-10,21-24,31-32H,5-8,11-12H2,(H,37,38)(H,39,40)/p-2/t21-,22-,23-,24-/m1/s1. The summed E-state index contributed by atoms with van der Waals surface area (Å²) in [6, 6.07) is 9.57. The van der Waals surface area contributed by atoms with Gasteiger partial charge in [0.1, 0.15) is 0 Å². The molecule has 4 aliphatic heterocycles. The fraction of sp³-hybridized carbons (Fsp3) is 0.333. The second kappa shape index (κ2) is 7.97. The molecule has 2 saturated heterocycles. The minimum Gasteiger partial charge on any atom is -0.548 e. The lowest BCUT2D eigenvalue weighted by Gasteiger charge is -2.38. The van der Waals surface area contributed by atoms with Gasteiger partial charge in [-0.1, -0.05) is 24.3 Å². The van der Waals surface area contributed by atoms with Crippen molar-refractivity contribution in [2.75, 3.05) is 0 Å². The maximum atomic E-state index is 12.5. The van der Waals surface area contributed by atoms with Crippen molar-refractivity contribution in [3.8, 4) is 11.1 Å². The van der Waals surface area contributed by atoms with Crippen LogP contribution < -0.4 is 10.2 Å². The second-order valence-electron chi connectivity index (χ2n) is 11.3. The molecule has 202 valence electrons. The molecule has 0 radical (unpaired) electrons. The van der Waals surface area contributed by atoms with Crippen LogP contribution in [0.5, 0.6) is 0 Å². The van der Waals surface area contributed by atoms with Gasteiger partial charge in [-0.05, 0) is 47.2 Å². The van der Waals surface area contributed by atoms with Crippen molar-refractivity contribution >= 4 is 45.6 Å². The first kappa shape index (κ1) is 23.3. The van der Waals surface area contributed by atoms with Crippen LogP contribution in [0.2, 0.25) is 0 Å². The van der Waals surface area contributed by atoms with Crippen LogP contribution in [0.4, 0.5) is 0 Å². The predicted octanol–water partition coefficient (Wildman–Crippen LogP) is 0.992. The Labute approximate surface area is 227 Å². The van der Waals surface area contributed by atoms with Crippen LogP contribution in [0.15, 0.2) is 36.4 Å². The molecule has 2 aromatic heterocycles. The van der Waals surface area contributed by atoms with Gasteiger partial charge in [-0.15, -0.1) is 0 Å². The number of hydrogen-bond donors (Lipinski definition) is 2. The molecule has 10 heteroatoms. The highest BCUT2D eigenvalue weighted by molar-refractivity contribution is 5.95. The first-order valence-electron chi connectivity index (χ1n) is 13.6. The topological polar surface area (TPSA) is 152 Å². The van der Waals surface area contributed by atoms with E-state index in [0.717, 1.165) is 55.4 Å². The number of nitrogens with zero attached hydrogens (tertiary/aromatic N) is 2. The number of H-pyrrole nitrogens is 2. The minimum absolute atomic E-state index is 0.151. The first-order chi connectivity index (χ1) is 19.3. The van der Waals surface area contributed by atoms with Gasteiger partial charge < -0.3 is 39.6 Å². The Morgan fingerprint density at radius 3 is 1.52 bits per heavy atom. The number of nitrogens with one attached hydrogen (secondary N) is 2. The molecule has 2 aromatic carbocycles. The minimum atomic E-state index is -1.23. The van der Waals surface area contributed by atoms with E-state index in [1.165, 1.54) is 9.80 Å². The first-order valence-corrected chi connectivity index (χ1v) is 13.6. The lowest BCUT2D eigenvalue weighted by molar-refractivity contribution is -0.313. The molecule has 0 bridgehead atoms. The third kappa shape index (κ3) is 3.04. The average molecular weight is 537 g/mol. The van der Waals surface area contributed by atoms with Crippen molar-refractivity contribution in [1.29, 1.82) is 0 Å². The number of aromatic nitrogens is 2. The number of carboxylic acids is 2. The quantitative estimate of drug-likeness (QED) is 0.398. The normalized spacial score (nSPS) is 25.3. The Morgan fingerprint density at radius 2 is 1.12 bits per heavy atom. The summed E-state index contributed by atoms with van der Waals surface area (Å²) in [5, 5.41) is 25.7. The molecule has 2 fully saturated rings. The number of carbonyl (C=O) groups excluding carboxylic acids is 4. The van der Waals surface area contributed by atoms with Crippen molar-refractivity contribution in [2.45, 2.75) is 62.7 Å². The van der Waals surface area contributed by atoms with Crippen LogP contribution in [0, 0.1) is 0 Å². The van der Waals surface area contributed by atoms with Crippen molar-refractivity contribution in [3.63, 3.8) is 0 Å². The molecule has 6 heterocycles. The highest BCUT2D eigenvalue weighted by atomic mass is 16.4. The molecule has 0 spiro atoms. The summed E-state index contributed by atoms with van der Waals surface area (Å²) in [5.74, 6) is -2.76. The van der Waals surface area contributed by atoms with Crippen molar-refractivity contribution < 1.29 is 29.4 Å². The van der Waals surface area contributed by atoms with Crippen LogP contribution >= 0.6 is 0 Å². The fourth-order valence-corrected chi connectivity index (χ4v) is 7.65. The molecule has 2 amide bonds. The van der Waals surface area contributed by atoms with E-state index >= 15 is 0 Å². The number of fused-ring (bicyclic) bond motifs is 10. The third-order valence-corrected chi connectivity index (χ3v) is 9.40. The monoisotopic (exact) mass is 536 g/mol. The molecule has 0 saturated carbocycles. The molecule has 40 heavy (non-hydrogen) atoms. The fourth-order valence-electron chi connectivity index (χ4n) is 7.65. The van der Waals surface area contributed by atoms with Gasteiger partial charge in [0.15, 0.2) is 0 Å². The Bertz CT molecular complexity index is 1690. The van der Waals surface area contributed by atoms with E-state index in [1.807, 2.05) is 36.4 Å². The number of carboxylic acid groups (broad SMARTS) is 2. The van der Waals surface area contributed by atoms with Crippen LogP contribution in [0.1, 0.15) is 60.3 Å². The summed E-state index contributed by atoms with van der Waals surface area (Å²) in [6.45, 7) is 0. The zero-order valence-electron chi connectivity index (χ0n) is 21.4. The molecule has 4 atom stereocenters. The number of aliphatic carboxylic acids is 2. The van der Waals surface area contributed by atoms with E-state index in [9.17, 15) is 29.4 Å². The van der Waals surface area contributed by atoms with Crippen molar-refractivity contribution in [1.82, 2.24) is 19.8 Å². The molecule has 0 aliphatic carbocycles. The van der Waals surface area contributed by atoms with Gasteiger partial charge >= 0.3 is 0 Å². The van der Waals surface area contributed by atoms with Gasteiger partial charge in [-0.25, -0.2) is 0 Å².